The first-order valence-corrected chi connectivity index (χ1v) is 8.28. The van der Waals surface area contributed by atoms with Crippen molar-refractivity contribution < 1.29 is 5.11 Å². The van der Waals surface area contributed by atoms with Crippen LogP contribution in [-0.2, 0) is 0 Å². The number of anilines is 1. The van der Waals surface area contributed by atoms with Gasteiger partial charge >= 0.3 is 0 Å². The lowest BCUT2D eigenvalue weighted by Gasteiger charge is -2.17. The highest BCUT2D eigenvalue weighted by Crippen LogP contribution is 2.24. The summed E-state index contributed by atoms with van der Waals surface area (Å²) in [6.45, 7) is 2.04. The maximum absolute atomic E-state index is 10.2. The van der Waals surface area contributed by atoms with Crippen molar-refractivity contribution >= 4 is 38.7 Å². The van der Waals surface area contributed by atoms with Crippen LogP contribution in [0.3, 0.4) is 0 Å². The van der Waals surface area contributed by atoms with Crippen molar-refractivity contribution in [1.82, 2.24) is 14.6 Å². The first-order chi connectivity index (χ1) is 10.1. The molecular formula is C14H15BrN4OS. The maximum Gasteiger partial charge on any atom is 0.171 e. The topological polar surface area (TPSA) is 62.5 Å². The molecule has 110 valence electrons. The van der Waals surface area contributed by atoms with Crippen molar-refractivity contribution in [2.24, 2.45) is 0 Å². The summed E-state index contributed by atoms with van der Waals surface area (Å²) in [7, 11) is 0. The molecule has 0 aliphatic heterocycles. The lowest BCUT2D eigenvalue weighted by atomic mass is 10.1. The van der Waals surface area contributed by atoms with E-state index in [1.54, 1.807) is 22.0 Å². The van der Waals surface area contributed by atoms with Gasteiger partial charge in [-0.05, 0) is 46.8 Å². The fourth-order valence-electron chi connectivity index (χ4n) is 2.16. The van der Waals surface area contributed by atoms with Crippen LogP contribution in [0.15, 0.2) is 40.4 Å². The summed E-state index contributed by atoms with van der Waals surface area (Å²) < 4.78 is 2.57. The van der Waals surface area contributed by atoms with E-state index < -0.39 is 6.10 Å². The summed E-state index contributed by atoms with van der Waals surface area (Å²) in [5.41, 5.74) is 0.769. The number of aliphatic hydroxyl groups is 1. The van der Waals surface area contributed by atoms with E-state index in [0.29, 0.717) is 6.42 Å². The van der Waals surface area contributed by atoms with E-state index in [-0.39, 0.29) is 6.04 Å². The predicted octanol–water partition coefficient (Wildman–Crippen LogP) is 3.48. The third kappa shape index (κ3) is 3.25. The van der Waals surface area contributed by atoms with Gasteiger partial charge in [-0.15, -0.1) is 11.3 Å². The van der Waals surface area contributed by atoms with Crippen LogP contribution in [0.4, 0.5) is 5.82 Å². The lowest BCUT2D eigenvalue weighted by Crippen LogP contribution is -2.19. The van der Waals surface area contributed by atoms with Gasteiger partial charge in [0.05, 0.1) is 16.8 Å². The molecule has 0 saturated heterocycles. The van der Waals surface area contributed by atoms with E-state index in [9.17, 15) is 5.11 Å². The Balaban J connectivity index is 1.68. The van der Waals surface area contributed by atoms with Crippen LogP contribution >= 0.6 is 27.3 Å². The molecular weight excluding hydrogens is 352 g/mol. The number of thiophene rings is 1. The molecule has 0 saturated carbocycles. The molecule has 2 atom stereocenters. The molecule has 3 aromatic heterocycles. The minimum absolute atomic E-state index is 0.110. The summed E-state index contributed by atoms with van der Waals surface area (Å²) in [4.78, 5) is 5.50. The fourth-order valence-corrected chi connectivity index (χ4v) is 3.25. The molecule has 0 spiro atoms. The number of fused-ring (bicyclic) bond motifs is 1. The first-order valence-electron chi connectivity index (χ1n) is 6.61. The van der Waals surface area contributed by atoms with Crippen LogP contribution in [0.25, 0.3) is 5.65 Å². The van der Waals surface area contributed by atoms with Gasteiger partial charge in [-0.2, -0.15) is 5.10 Å². The monoisotopic (exact) mass is 366 g/mol. The summed E-state index contributed by atoms with van der Waals surface area (Å²) in [6, 6.07) is 5.89. The average Bonchev–Trinajstić information content (AvgIpc) is 3.09. The summed E-state index contributed by atoms with van der Waals surface area (Å²) >= 11 is 4.99. The third-order valence-corrected chi connectivity index (χ3v) is 4.70. The second-order valence-corrected chi connectivity index (χ2v) is 6.72. The highest BCUT2D eigenvalue weighted by molar-refractivity contribution is 9.10. The zero-order valence-corrected chi connectivity index (χ0v) is 13.8. The molecule has 0 amide bonds. The molecule has 2 N–H and O–H groups in total. The highest BCUT2D eigenvalue weighted by atomic mass is 79.9. The van der Waals surface area contributed by atoms with Crippen molar-refractivity contribution in [3.63, 3.8) is 0 Å². The number of nitrogens with zero attached hydrogens (tertiary/aromatic N) is 3. The van der Waals surface area contributed by atoms with Crippen LogP contribution in [0.1, 0.15) is 24.3 Å². The Labute approximate surface area is 134 Å². The molecule has 0 aliphatic rings. The molecule has 7 heteroatoms. The largest absolute Gasteiger partial charge is 0.387 e. The standard InChI is InChI=1S/C14H15BrN4OS/c1-9(7-11(20)12-3-2-6-21-12)17-13-4-5-19-14(18-13)10(15)8-16-19/h2-6,8-9,11,20H,7H2,1H3,(H,17,18). The molecule has 5 nitrogen and oxygen atoms in total. The summed E-state index contributed by atoms with van der Waals surface area (Å²) in [6.07, 6.45) is 3.76. The van der Waals surface area contributed by atoms with Crippen LogP contribution < -0.4 is 5.32 Å². The van der Waals surface area contributed by atoms with Gasteiger partial charge in [-0.25, -0.2) is 9.50 Å². The Hall–Kier alpha value is -1.44. The van der Waals surface area contributed by atoms with Crippen molar-refractivity contribution in [2.45, 2.75) is 25.5 Å². The molecule has 0 bridgehead atoms. The molecule has 0 aliphatic carbocycles. The van der Waals surface area contributed by atoms with Gasteiger partial charge in [-0.1, -0.05) is 6.07 Å². The number of rotatable bonds is 5. The quantitative estimate of drug-likeness (QED) is 0.725. The molecule has 21 heavy (non-hydrogen) atoms. The molecule has 0 fully saturated rings. The van der Waals surface area contributed by atoms with E-state index in [2.05, 4.69) is 31.3 Å². The summed E-state index contributed by atoms with van der Waals surface area (Å²) in [5.74, 6) is 0.773. The number of nitrogens with one attached hydrogen (secondary N) is 1. The van der Waals surface area contributed by atoms with Gasteiger partial charge in [0, 0.05) is 17.1 Å². The molecule has 2 unspecified atom stereocenters. The molecule has 0 aromatic carbocycles. The second-order valence-electron chi connectivity index (χ2n) is 4.89. The second kappa shape index (κ2) is 6.13. The fraction of sp³-hybridized carbons (Fsp3) is 0.286. The molecule has 3 aromatic rings. The van der Waals surface area contributed by atoms with E-state index >= 15 is 0 Å². The number of hydrogen-bond donors (Lipinski definition) is 2. The van der Waals surface area contributed by atoms with Crippen LogP contribution in [0.2, 0.25) is 0 Å². The predicted molar refractivity (Wildman–Crippen MR) is 87.7 cm³/mol. The third-order valence-electron chi connectivity index (χ3n) is 3.17. The Bertz CT molecular complexity index is 728. The van der Waals surface area contributed by atoms with Crippen LogP contribution in [0.5, 0.6) is 0 Å². The molecule has 3 heterocycles. The Morgan fingerprint density at radius 1 is 1.48 bits per heavy atom. The van der Waals surface area contributed by atoms with Gasteiger partial charge in [0.25, 0.3) is 0 Å². The zero-order valence-electron chi connectivity index (χ0n) is 11.4. The van der Waals surface area contributed by atoms with Gasteiger partial charge in [-0.3, -0.25) is 0 Å². The average molecular weight is 367 g/mol. The molecule has 3 rings (SSSR count). The Morgan fingerprint density at radius 3 is 3.10 bits per heavy atom. The normalized spacial score (nSPS) is 14.2. The highest BCUT2D eigenvalue weighted by Gasteiger charge is 2.14. The van der Waals surface area contributed by atoms with E-state index in [4.69, 9.17) is 0 Å². The van der Waals surface area contributed by atoms with Gasteiger partial charge in [0.15, 0.2) is 5.65 Å². The SMILES string of the molecule is CC(CC(O)c1cccs1)Nc1ccn2ncc(Br)c2n1. The van der Waals surface area contributed by atoms with Crippen LogP contribution in [-0.4, -0.2) is 25.7 Å². The minimum Gasteiger partial charge on any atom is -0.387 e. The Morgan fingerprint density at radius 2 is 2.33 bits per heavy atom. The first kappa shape index (κ1) is 14.5. The number of halogens is 1. The Kier molecular flexibility index (Phi) is 4.23. The number of aromatic nitrogens is 3. The maximum atomic E-state index is 10.2. The lowest BCUT2D eigenvalue weighted by molar-refractivity contribution is 0.166. The van der Waals surface area contributed by atoms with Crippen LogP contribution in [0, 0.1) is 0 Å². The van der Waals surface area contributed by atoms with Gasteiger partial charge in [0.2, 0.25) is 0 Å². The van der Waals surface area contributed by atoms with Crippen molar-refractivity contribution in [1.29, 1.82) is 0 Å². The van der Waals surface area contributed by atoms with Gasteiger partial charge < -0.3 is 10.4 Å². The molecule has 0 radical (unpaired) electrons. The van der Waals surface area contributed by atoms with E-state index in [0.717, 1.165) is 20.8 Å². The number of aliphatic hydroxyl groups excluding tert-OH is 1. The van der Waals surface area contributed by atoms with Crippen molar-refractivity contribution in [2.75, 3.05) is 5.32 Å². The van der Waals surface area contributed by atoms with Gasteiger partial charge in [0.1, 0.15) is 5.82 Å². The van der Waals surface area contributed by atoms with E-state index in [1.807, 2.05) is 36.7 Å². The summed E-state index contributed by atoms with van der Waals surface area (Å²) in [5, 5.41) is 19.6. The van der Waals surface area contributed by atoms with Crippen molar-refractivity contribution in [3.8, 4) is 0 Å². The van der Waals surface area contributed by atoms with E-state index in [1.165, 1.54) is 0 Å². The minimum atomic E-state index is -0.446. The smallest absolute Gasteiger partial charge is 0.171 e. The zero-order chi connectivity index (χ0) is 14.8. The van der Waals surface area contributed by atoms with Crippen molar-refractivity contribution in [3.05, 3.63) is 45.3 Å². The number of hydrogen-bond acceptors (Lipinski definition) is 5.